The van der Waals surface area contributed by atoms with Crippen molar-refractivity contribution in [2.75, 3.05) is 4.72 Å². The second-order valence-electron chi connectivity index (χ2n) is 4.61. The van der Waals surface area contributed by atoms with E-state index in [0.717, 1.165) is 9.35 Å². The SMILES string of the molecule is Cn1cc(S(=O)(=O)Nc2ccc(Br)cc2)c(-c2cccs2)n1. The van der Waals surface area contributed by atoms with Crippen molar-refractivity contribution in [1.82, 2.24) is 9.78 Å². The number of thiophene rings is 1. The minimum absolute atomic E-state index is 0.167. The van der Waals surface area contributed by atoms with Crippen molar-refractivity contribution in [2.45, 2.75) is 4.90 Å². The van der Waals surface area contributed by atoms with E-state index in [1.807, 2.05) is 17.5 Å². The summed E-state index contributed by atoms with van der Waals surface area (Å²) in [6.45, 7) is 0. The summed E-state index contributed by atoms with van der Waals surface area (Å²) < 4.78 is 30.3. The molecule has 0 unspecified atom stereocenters. The predicted octanol–water partition coefficient (Wildman–Crippen LogP) is 3.71. The van der Waals surface area contributed by atoms with E-state index in [4.69, 9.17) is 0 Å². The molecule has 2 aromatic heterocycles. The number of hydrogen-bond donors (Lipinski definition) is 1. The van der Waals surface area contributed by atoms with Gasteiger partial charge in [0.1, 0.15) is 10.6 Å². The number of halogens is 1. The molecule has 0 fully saturated rings. The van der Waals surface area contributed by atoms with E-state index < -0.39 is 10.0 Å². The fraction of sp³-hybridized carbons (Fsp3) is 0.0714. The third kappa shape index (κ3) is 3.08. The van der Waals surface area contributed by atoms with E-state index >= 15 is 0 Å². The van der Waals surface area contributed by atoms with Gasteiger partial charge in [-0.3, -0.25) is 9.40 Å². The van der Waals surface area contributed by atoms with Crippen molar-refractivity contribution in [1.29, 1.82) is 0 Å². The smallest absolute Gasteiger partial charge is 0.265 e. The Morgan fingerprint density at radius 2 is 1.95 bits per heavy atom. The van der Waals surface area contributed by atoms with Crippen molar-refractivity contribution < 1.29 is 8.42 Å². The molecular formula is C14H12BrN3O2S2. The highest BCUT2D eigenvalue weighted by Gasteiger charge is 2.23. The third-order valence-corrected chi connectivity index (χ3v) is 5.72. The molecule has 0 aliphatic carbocycles. The summed E-state index contributed by atoms with van der Waals surface area (Å²) in [4.78, 5) is 0.983. The van der Waals surface area contributed by atoms with Crippen LogP contribution < -0.4 is 4.72 Å². The first-order valence-electron chi connectivity index (χ1n) is 6.31. The Labute approximate surface area is 140 Å². The van der Waals surface area contributed by atoms with Gasteiger partial charge in [0, 0.05) is 23.4 Å². The summed E-state index contributed by atoms with van der Waals surface area (Å²) in [6, 6.07) is 10.7. The summed E-state index contributed by atoms with van der Waals surface area (Å²) in [6.07, 6.45) is 1.51. The van der Waals surface area contributed by atoms with Gasteiger partial charge in [-0.15, -0.1) is 11.3 Å². The average molecular weight is 398 g/mol. The molecule has 0 saturated carbocycles. The Balaban J connectivity index is 2.01. The summed E-state index contributed by atoms with van der Waals surface area (Å²) in [5.74, 6) is 0. The number of aromatic nitrogens is 2. The van der Waals surface area contributed by atoms with Gasteiger partial charge in [-0.1, -0.05) is 22.0 Å². The molecule has 22 heavy (non-hydrogen) atoms. The van der Waals surface area contributed by atoms with Crippen LogP contribution in [0.3, 0.4) is 0 Å². The van der Waals surface area contributed by atoms with Crippen LogP contribution in [0.1, 0.15) is 0 Å². The molecule has 0 saturated heterocycles. The lowest BCUT2D eigenvalue weighted by molar-refractivity contribution is 0.601. The minimum Gasteiger partial charge on any atom is -0.280 e. The van der Waals surface area contributed by atoms with E-state index in [-0.39, 0.29) is 4.90 Å². The van der Waals surface area contributed by atoms with E-state index in [1.165, 1.54) is 22.2 Å². The van der Waals surface area contributed by atoms with Crippen LogP contribution >= 0.6 is 27.3 Å². The van der Waals surface area contributed by atoms with Crippen LogP contribution in [-0.4, -0.2) is 18.2 Å². The van der Waals surface area contributed by atoms with Crippen LogP contribution in [-0.2, 0) is 17.1 Å². The molecule has 0 aliphatic rings. The molecule has 3 rings (SSSR count). The molecule has 1 aromatic carbocycles. The number of sulfonamides is 1. The zero-order valence-electron chi connectivity index (χ0n) is 11.5. The molecule has 5 nitrogen and oxygen atoms in total. The summed E-state index contributed by atoms with van der Waals surface area (Å²) in [5, 5.41) is 6.17. The van der Waals surface area contributed by atoms with Gasteiger partial charge >= 0.3 is 0 Å². The molecule has 0 amide bonds. The maximum absolute atomic E-state index is 12.6. The largest absolute Gasteiger partial charge is 0.280 e. The summed E-state index contributed by atoms with van der Waals surface area (Å²) in [5.41, 5.74) is 0.964. The number of nitrogens with one attached hydrogen (secondary N) is 1. The fourth-order valence-electron chi connectivity index (χ4n) is 1.98. The van der Waals surface area contributed by atoms with Crippen LogP contribution in [0.25, 0.3) is 10.6 Å². The summed E-state index contributed by atoms with van der Waals surface area (Å²) >= 11 is 4.78. The maximum atomic E-state index is 12.6. The standard InChI is InChI=1S/C14H12BrN3O2S2/c1-18-9-13(14(16-18)12-3-2-8-21-12)22(19,20)17-11-6-4-10(15)5-7-11/h2-9,17H,1H3. The zero-order chi connectivity index (χ0) is 15.7. The lowest BCUT2D eigenvalue weighted by Gasteiger charge is -2.07. The Morgan fingerprint density at radius 3 is 2.59 bits per heavy atom. The van der Waals surface area contributed by atoms with Crippen molar-refractivity contribution >= 4 is 43.0 Å². The molecule has 0 spiro atoms. The van der Waals surface area contributed by atoms with E-state index in [1.54, 1.807) is 31.3 Å². The van der Waals surface area contributed by atoms with Crippen LogP contribution in [0.15, 0.2) is 57.3 Å². The van der Waals surface area contributed by atoms with Crippen molar-refractivity contribution in [3.63, 3.8) is 0 Å². The van der Waals surface area contributed by atoms with Gasteiger partial charge < -0.3 is 0 Å². The number of hydrogen-bond acceptors (Lipinski definition) is 4. The van der Waals surface area contributed by atoms with Crippen LogP contribution in [0.5, 0.6) is 0 Å². The van der Waals surface area contributed by atoms with Gasteiger partial charge in [-0.05, 0) is 35.7 Å². The minimum atomic E-state index is -3.70. The van der Waals surface area contributed by atoms with Crippen LogP contribution in [0, 0.1) is 0 Å². The number of benzene rings is 1. The van der Waals surface area contributed by atoms with Gasteiger partial charge in [-0.2, -0.15) is 5.10 Å². The Kier molecular flexibility index (Phi) is 4.07. The second kappa shape index (κ2) is 5.86. The molecule has 3 aromatic rings. The van der Waals surface area contributed by atoms with Crippen molar-refractivity contribution in [3.05, 3.63) is 52.4 Å². The topological polar surface area (TPSA) is 64.0 Å². The number of anilines is 1. The fourth-order valence-corrected chi connectivity index (χ4v) is 4.28. The average Bonchev–Trinajstić information content (AvgIpc) is 3.10. The number of nitrogens with zero attached hydrogens (tertiary/aromatic N) is 2. The quantitative estimate of drug-likeness (QED) is 0.729. The van der Waals surface area contributed by atoms with E-state index in [0.29, 0.717) is 11.4 Å². The molecule has 0 bridgehead atoms. The number of aryl methyl sites for hydroxylation is 1. The van der Waals surface area contributed by atoms with Crippen LogP contribution in [0.4, 0.5) is 5.69 Å². The molecule has 0 aliphatic heterocycles. The molecule has 114 valence electrons. The van der Waals surface area contributed by atoms with E-state index in [9.17, 15) is 8.42 Å². The first-order valence-corrected chi connectivity index (χ1v) is 9.47. The first kappa shape index (κ1) is 15.3. The molecule has 2 heterocycles. The van der Waals surface area contributed by atoms with Gasteiger partial charge in [-0.25, -0.2) is 8.42 Å². The van der Waals surface area contributed by atoms with Crippen molar-refractivity contribution in [2.24, 2.45) is 7.05 Å². The molecular weight excluding hydrogens is 386 g/mol. The van der Waals surface area contributed by atoms with Gasteiger partial charge in [0.15, 0.2) is 0 Å². The third-order valence-electron chi connectivity index (χ3n) is 2.94. The lowest BCUT2D eigenvalue weighted by Crippen LogP contribution is -2.13. The highest BCUT2D eigenvalue weighted by molar-refractivity contribution is 9.10. The van der Waals surface area contributed by atoms with Gasteiger partial charge in [0.2, 0.25) is 0 Å². The van der Waals surface area contributed by atoms with E-state index in [2.05, 4.69) is 25.8 Å². The summed E-state index contributed by atoms with van der Waals surface area (Å²) in [7, 11) is -2.00. The monoisotopic (exact) mass is 397 g/mol. The maximum Gasteiger partial charge on any atom is 0.265 e. The second-order valence-corrected chi connectivity index (χ2v) is 8.12. The Morgan fingerprint density at radius 1 is 1.23 bits per heavy atom. The van der Waals surface area contributed by atoms with Crippen LogP contribution in [0.2, 0.25) is 0 Å². The van der Waals surface area contributed by atoms with Crippen molar-refractivity contribution in [3.8, 4) is 10.6 Å². The molecule has 0 atom stereocenters. The lowest BCUT2D eigenvalue weighted by atomic mass is 10.3. The van der Waals surface area contributed by atoms with Gasteiger partial charge in [0.25, 0.3) is 10.0 Å². The molecule has 0 radical (unpaired) electrons. The van der Waals surface area contributed by atoms with Gasteiger partial charge in [0.05, 0.1) is 4.88 Å². The highest BCUT2D eigenvalue weighted by atomic mass is 79.9. The molecule has 1 N–H and O–H groups in total. The Bertz CT molecular complexity index is 885. The highest BCUT2D eigenvalue weighted by Crippen LogP contribution is 2.30. The Hall–Kier alpha value is -1.64. The zero-order valence-corrected chi connectivity index (χ0v) is 14.7. The number of rotatable bonds is 4. The normalized spacial score (nSPS) is 11.5. The predicted molar refractivity (Wildman–Crippen MR) is 91.5 cm³/mol. The first-order chi connectivity index (χ1) is 10.5. The molecule has 8 heteroatoms.